The number of fused-ring (bicyclic) bond motifs is 4. The van der Waals surface area contributed by atoms with Crippen LogP contribution in [-0.2, 0) is 0 Å². The van der Waals surface area contributed by atoms with E-state index in [0.29, 0.717) is 0 Å². The van der Waals surface area contributed by atoms with E-state index in [1.165, 1.54) is 33.0 Å². The first-order valence-electron chi connectivity index (χ1n) is 18.4. The lowest BCUT2D eigenvalue weighted by atomic mass is 9.95. The molecule has 0 atom stereocenters. The lowest BCUT2D eigenvalue weighted by Crippen LogP contribution is -2.10. The van der Waals surface area contributed by atoms with Gasteiger partial charge in [-0.05, 0) is 110 Å². The first kappa shape index (κ1) is 31.6. The normalized spacial score (nSPS) is 11.3. The predicted molar refractivity (Wildman–Crippen MR) is 228 cm³/mol. The van der Waals surface area contributed by atoms with Gasteiger partial charge in [-0.3, -0.25) is 0 Å². The van der Waals surface area contributed by atoms with Crippen LogP contribution in [0.15, 0.2) is 217 Å². The van der Waals surface area contributed by atoms with Crippen LogP contribution in [0.2, 0.25) is 0 Å². The van der Waals surface area contributed by atoms with Gasteiger partial charge in [0, 0.05) is 33.9 Å². The number of hydrogen-bond donors (Lipinski definition) is 0. The van der Waals surface area contributed by atoms with E-state index in [2.05, 4.69) is 205 Å². The first-order chi connectivity index (χ1) is 26.7. The molecule has 1 aromatic heterocycles. The van der Waals surface area contributed by atoms with Crippen molar-refractivity contribution in [3.63, 3.8) is 0 Å². The van der Waals surface area contributed by atoms with Gasteiger partial charge in [-0.25, -0.2) is 0 Å². The van der Waals surface area contributed by atoms with Gasteiger partial charge >= 0.3 is 0 Å². The Hall–Kier alpha value is -7.16. The molecular formula is C52H35NO. The fourth-order valence-corrected chi connectivity index (χ4v) is 7.80. The maximum absolute atomic E-state index is 6.45. The van der Waals surface area contributed by atoms with Gasteiger partial charge in [-0.15, -0.1) is 0 Å². The van der Waals surface area contributed by atoms with Gasteiger partial charge in [-0.2, -0.15) is 0 Å². The Morgan fingerprint density at radius 2 is 0.796 bits per heavy atom. The highest BCUT2D eigenvalue weighted by molar-refractivity contribution is 6.06. The van der Waals surface area contributed by atoms with Crippen LogP contribution in [0.5, 0.6) is 0 Å². The maximum Gasteiger partial charge on any atom is 0.137 e. The molecule has 254 valence electrons. The molecule has 0 fully saturated rings. The van der Waals surface area contributed by atoms with Crippen molar-refractivity contribution in [1.29, 1.82) is 0 Å². The maximum atomic E-state index is 6.45. The summed E-state index contributed by atoms with van der Waals surface area (Å²) in [5.41, 5.74) is 14.3. The van der Waals surface area contributed by atoms with Crippen LogP contribution in [0, 0.1) is 0 Å². The summed E-state index contributed by atoms with van der Waals surface area (Å²) >= 11 is 0. The molecule has 0 amide bonds. The van der Waals surface area contributed by atoms with Crippen molar-refractivity contribution in [2.45, 2.75) is 0 Å². The van der Waals surface area contributed by atoms with E-state index in [1.807, 2.05) is 12.1 Å². The number of furan rings is 1. The molecule has 0 aliphatic heterocycles. The van der Waals surface area contributed by atoms with Crippen LogP contribution in [0.25, 0.3) is 77.2 Å². The van der Waals surface area contributed by atoms with Crippen LogP contribution in [-0.4, -0.2) is 0 Å². The number of hydrogen-bond acceptors (Lipinski definition) is 2. The predicted octanol–water partition coefficient (Wildman–Crippen LogP) is 14.9. The minimum Gasteiger partial charge on any atom is -0.456 e. The molecule has 10 aromatic rings. The average molecular weight is 690 g/mol. The Bertz CT molecular complexity index is 2880. The molecule has 1 heterocycles. The van der Waals surface area contributed by atoms with Crippen molar-refractivity contribution in [2.24, 2.45) is 0 Å². The van der Waals surface area contributed by atoms with Gasteiger partial charge in [0.2, 0.25) is 0 Å². The Morgan fingerprint density at radius 3 is 1.57 bits per heavy atom. The Kier molecular flexibility index (Phi) is 7.85. The smallest absolute Gasteiger partial charge is 0.137 e. The van der Waals surface area contributed by atoms with E-state index in [9.17, 15) is 0 Å². The summed E-state index contributed by atoms with van der Waals surface area (Å²) in [4.78, 5) is 2.36. The molecule has 10 rings (SSSR count). The fourth-order valence-electron chi connectivity index (χ4n) is 7.80. The lowest BCUT2D eigenvalue weighted by molar-refractivity contribution is 0.669. The molecule has 2 heteroatoms. The van der Waals surface area contributed by atoms with Crippen LogP contribution in [0.3, 0.4) is 0 Å². The van der Waals surface area contributed by atoms with E-state index < -0.39 is 0 Å². The van der Waals surface area contributed by atoms with Crippen molar-refractivity contribution in [3.05, 3.63) is 212 Å². The Balaban J connectivity index is 1.16. The monoisotopic (exact) mass is 689 g/mol. The zero-order valence-electron chi connectivity index (χ0n) is 29.6. The molecule has 54 heavy (non-hydrogen) atoms. The topological polar surface area (TPSA) is 16.4 Å². The molecule has 0 saturated heterocycles. The zero-order chi connectivity index (χ0) is 35.8. The third kappa shape index (κ3) is 5.81. The van der Waals surface area contributed by atoms with E-state index in [4.69, 9.17) is 4.42 Å². The molecule has 9 aromatic carbocycles. The van der Waals surface area contributed by atoms with Gasteiger partial charge < -0.3 is 9.32 Å². The second-order valence-electron chi connectivity index (χ2n) is 13.8. The van der Waals surface area contributed by atoms with Crippen molar-refractivity contribution in [2.75, 3.05) is 4.90 Å². The molecule has 0 N–H and O–H groups in total. The molecule has 0 spiro atoms. The lowest BCUT2D eigenvalue weighted by Gasteiger charge is -2.27. The summed E-state index contributed by atoms with van der Waals surface area (Å²) in [6.07, 6.45) is 0. The summed E-state index contributed by atoms with van der Waals surface area (Å²) in [7, 11) is 0. The van der Waals surface area contributed by atoms with E-state index in [-0.39, 0.29) is 0 Å². The molecule has 2 nitrogen and oxygen atoms in total. The van der Waals surface area contributed by atoms with Crippen LogP contribution < -0.4 is 4.90 Å². The second kappa shape index (κ2) is 13.4. The standard InChI is InChI=1S/C52H35NO/c1-3-14-36(15-4-1)42-31-43(37-16-5-2-6-17-37)34-46(33-42)53(45-28-29-50-49-25-9-10-27-51(49)54-52(50)35-45)44-23-12-21-40(32-44)39-20-11-22-41(30-39)48-26-13-19-38-18-7-8-24-47(38)48/h1-35H. The number of anilines is 3. The minimum absolute atomic E-state index is 0.861. The third-order valence-corrected chi connectivity index (χ3v) is 10.4. The van der Waals surface area contributed by atoms with E-state index in [0.717, 1.165) is 61.3 Å². The summed E-state index contributed by atoms with van der Waals surface area (Å²) < 4.78 is 6.45. The van der Waals surface area contributed by atoms with Gasteiger partial charge in [0.05, 0.1) is 0 Å². The fraction of sp³-hybridized carbons (Fsp3) is 0. The van der Waals surface area contributed by atoms with Crippen molar-refractivity contribution in [1.82, 2.24) is 0 Å². The molecule has 0 radical (unpaired) electrons. The highest BCUT2D eigenvalue weighted by Gasteiger charge is 2.19. The number of para-hydroxylation sites is 1. The van der Waals surface area contributed by atoms with Crippen LogP contribution in [0.1, 0.15) is 0 Å². The molecular weight excluding hydrogens is 655 g/mol. The number of rotatable bonds is 7. The summed E-state index contributed by atoms with van der Waals surface area (Å²) in [5.74, 6) is 0. The van der Waals surface area contributed by atoms with Gasteiger partial charge in [0.15, 0.2) is 0 Å². The largest absolute Gasteiger partial charge is 0.456 e. The minimum atomic E-state index is 0.861. The summed E-state index contributed by atoms with van der Waals surface area (Å²) in [6, 6.07) is 76.0. The molecule has 0 bridgehead atoms. The van der Waals surface area contributed by atoms with Gasteiger partial charge in [0.25, 0.3) is 0 Å². The highest BCUT2D eigenvalue weighted by Crippen LogP contribution is 2.43. The molecule has 0 saturated carbocycles. The van der Waals surface area contributed by atoms with Gasteiger partial charge in [0.1, 0.15) is 11.2 Å². The summed E-state index contributed by atoms with van der Waals surface area (Å²) in [6.45, 7) is 0. The highest BCUT2D eigenvalue weighted by atomic mass is 16.3. The van der Waals surface area contributed by atoms with Crippen molar-refractivity contribution >= 4 is 49.8 Å². The second-order valence-corrected chi connectivity index (χ2v) is 13.8. The zero-order valence-corrected chi connectivity index (χ0v) is 29.6. The van der Waals surface area contributed by atoms with Gasteiger partial charge in [-0.1, -0.05) is 152 Å². The van der Waals surface area contributed by atoms with Crippen molar-refractivity contribution < 1.29 is 4.42 Å². The van der Waals surface area contributed by atoms with E-state index >= 15 is 0 Å². The number of benzene rings is 9. The van der Waals surface area contributed by atoms with Crippen LogP contribution in [0.4, 0.5) is 17.1 Å². The van der Waals surface area contributed by atoms with E-state index in [1.54, 1.807) is 0 Å². The molecule has 0 aliphatic carbocycles. The molecule has 0 aliphatic rings. The molecule has 0 unspecified atom stereocenters. The van der Waals surface area contributed by atoms with Crippen LogP contribution >= 0.6 is 0 Å². The average Bonchev–Trinajstić information content (AvgIpc) is 3.62. The third-order valence-electron chi connectivity index (χ3n) is 10.4. The first-order valence-corrected chi connectivity index (χ1v) is 18.4. The number of nitrogens with zero attached hydrogens (tertiary/aromatic N) is 1. The summed E-state index contributed by atoms with van der Waals surface area (Å²) in [5, 5.41) is 4.73. The Morgan fingerprint density at radius 1 is 0.278 bits per heavy atom. The SMILES string of the molecule is c1ccc(-c2cc(-c3ccccc3)cc(N(c3cccc(-c4cccc(-c5cccc6ccccc56)c4)c3)c3ccc4c(c3)oc3ccccc34)c2)cc1. The Labute approximate surface area is 314 Å². The van der Waals surface area contributed by atoms with Crippen molar-refractivity contribution in [3.8, 4) is 44.5 Å². The quantitative estimate of drug-likeness (QED) is 0.166.